The molecule has 0 bridgehead atoms. The zero-order valence-corrected chi connectivity index (χ0v) is 20.1. The lowest BCUT2D eigenvalue weighted by atomic mass is 9.91. The number of fused-ring (bicyclic) bond motifs is 1. The van der Waals surface area contributed by atoms with E-state index in [1.54, 1.807) is 20.8 Å². The van der Waals surface area contributed by atoms with E-state index in [2.05, 4.69) is 10.6 Å². The molecule has 9 nitrogen and oxygen atoms in total. The monoisotopic (exact) mass is 502 g/mol. The molecule has 0 spiro atoms. The lowest BCUT2D eigenvalue weighted by molar-refractivity contribution is -0.165. The average Bonchev–Trinajstić information content (AvgIpc) is 2.70. The number of esters is 3. The van der Waals surface area contributed by atoms with Gasteiger partial charge in [-0.1, -0.05) is 6.07 Å². The predicted octanol–water partition coefficient (Wildman–Crippen LogP) is 3.08. The molecule has 3 atom stereocenters. The lowest BCUT2D eigenvalue weighted by Crippen LogP contribution is -2.54. The van der Waals surface area contributed by atoms with Crippen LogP contribution in [0.15, 0.2) is 18.2 Å². The third-order valence-electron chi connectivity index (χ3n) is 4.90. The van der Waals surface area contributed by atoms with Gasteiger partial charge in [-0.15, -0.1) is 0 Å². The Bertz CT molecular complexity index is 973. The van der Waals surface area contributed by atoms with E-state index in [1.807, 2.05) is 0 Å². The van der Waals surface area contributed by atoms with Crippen LogP contribution in [0.4, 0.5) is 18.9 Å². The molecule has 35 heavy (non-hydrogen) atoms. The summed E-state index contributed by atoms with van der Waals surface area (Å²) in [6, 6.07) is 1.85. The minimum Gasteiger partial charge on any atom is -0.465 e. The molecule has 194 valence electrons. The van der Waals surface area contributed by atoms with E-state index in [4.69, 9.17) is 14.2 Å². The van der Waals surface area contributed by atoms with Crippen molar-refractivity contribution in [1.82, 2.24) is 5.32 Å². The summed E-state index contributed by atoms with van der Waals surface area (Å²) in [5.74, 6) is -7.91. The van der Waals surface area contributed by atoms with E-state index >= 15 is 0 Å². The maximum atomic E-state index is 13.4. The number of hydrogen-bond acceptors (Lipinski definition) is 8. The first-order valence-electron chi connectivity index (χ1n) is 11.0. The third kappa shape index (κ3) is 7.33. The van der Waals surface area contributed by atoms with E-state index in [-0.39, 0.29) is 30.2 Å². The molecule has 2 N–H and O–H groups in total. The molecule has 2 rings (SSSR count). The number of carbonyl (C=O) groups is 4. The number of benzene rings is 1. The standard InChI is InChI=1S/C23H29F3N2O7/c1-6-33-20(31)17(19(30)28-22(3,4)5)18(21(32)34-7-2)27-12-8-9-13-14(23(24,25)26)11-16(29)35-15(13)10-12/h8-10,14,17-18,27H,6-7,11H2,1-5H3,(H,28,30). The smallest absolute Gasteiger partial charge is 0.396 e. The Morgan fingerprint density at radius 3 is 2.23 bits per heavy atom. The van der Waals surface area contributed by atoms with Gasteiger partial charge in [0.2, 0.25) is 5.91 Å². The Hall–Kier alpha value is -3.31. The predicted molar refractivity (Wildman–Crippen MR) is 118 cm³/mol. The number of alkyl halides is 3. The molecule has 3 unspecified atom stereocenters. The lowest BCUT2D eigenvalue weighted by Gasteiger charge is -2.29. The van der Waals surface area contributed by atoms with E-state index in [1.165, 1.54) is 19.9 Å². The van der Waals surface area contributed by atoms with Crippen molar-refractivity contribution >= 4 is 29.5 Å². The van der Waals surface area contributed by atoms with Crippen molar-refractivity contribution < 1.29 is 46.6 Å². The Kier molecular flexibility index (Phi) is 8.74. The molecule has 1 aromatic carbocycles. The molecule has 0 saturated heterocycles. The summed E-state index contributed by atoms with van der Waals surface area (Å²) in [6.45, 7) is 7.94. The first-order valence-corrected chi connectivity index (χ1v) is 11.0. The number of amides is 1. The van der Waals surface area contributed by atoms with Crippen molar-refractivity contribution in [2.45, 2.75) is 64.7 Å². The van der Waals surface area contributed by atoms with Crippen molar-refractivity contribution in [3.63, 3.8) is 0 Å². The van der Waals surface area contributed by atoms with E-state index in [9.17, 15) is 32.3 Å². The van der Waals surface area contributed by atoms with Gasteiger partial charge in [0.1, 0.15) is 11.8 Å². The molecule has 0 radical (unpaired) electrons. The highest BCUT2D eigenvalue weighted by Gasteiger charge is 2.47. The largest absolute Gasteiger partial charge is 0.465 e. The molecule has 1 aliphatic rings. The molecule has 1 heterocycles. The minimum atomic E-state index is -4.67. The molecular formula is C23H29F3N2O7. The number of halogens is 3. The van der Waals surface area contributed by atoms with Gasteiger partial charge in [-0.3, -0.25) is 14.4 Å². The van der Waals surface area contributed by atoms with Crippen LogP contribution in [0.3, 0.4) is 0 Å². The van der Waals surface area contributed by atoms with Gasteiger partial charge in [0.05, 0.1) is 25.6 Å². The summed E-state index contributed by atoms with van der Waals surface area (Å²) in [4.78, 5) is 50.3. The SMILES string of the molecule is CCOC(=O)C(Nc1ccc2c(c1)OC(=O)CC2C(F)(F)F)C(C(=O)NC(C)(C)C)C(=O)OCC. The van der Waals surface area contributed by atoms with Gasteiger partial charge >= 0.3 is 24.1 Å². The number of anilines is 1. The number of nitrogens with one attached hydrogen (secondary N) is 2. The second-order valence-corrected chi connectivity index (χ2v) is 8.87. The van der Waals surface area contributed by atoms with Crippen LogP contribution in [0.5, 0.6) is 5.75 Å². The highest BCUT2D eigenvalue weighted by atomic mass is 19.4. The van der Waals surface area contributed by atoms with Crippen LogP contribution < -0.4 is 15.4 Å². The van der Waals surface area contributed by atoms with Crippen LogP contribution in [0, 0.1) is 5.92 Å². The first kappa shape index (κ1) is 27.9. The summed E-state index contributed by atoms with van der Waals surface area (Å²) in [6.07, 6.45) is -5.52. The third-order valence-corrected chi connectivity index (χ3v) is 4.90. The molecule has 1 amide bonds. The van der Waals surface area contributed by atoms with Crippen LogP contribution in [-0.4, -0.2) is 54.8 Å². The highest BCUT2D eigenvalue weighted by Crippen LogP contribution is 2.45. The van der Waals surface area contributed by atoms with Crippen LogP contribution >= 0.6 is 0 Å². The van der Waals surface area contributed by atoms with Crippen LogP contribution in [0.25, 0.3) is 0 Å². The second kappa shape index (κ2) is 11.0. The normalized spacial score (nSPS) is 17.4. The van der Waals surface area contributed by atoms with Crippen molar-refractivity contribution in [2.24, 2.45) is 5.92 Å². The Labute approximate surface area is 200 Å². The molecule has 1 aromatic rings. The molecule has 1 aliphatic heterocycles. The molecule has 0 fully saturated rings. The first-order chi connectivity index (χ1) is 16.2. The quantitative estimate of drug-likeness (QED) is 0.316. The number of ether oxygens (including phenoxy) is 3. The fourth-order valence-electron chi connectivity index (χ4n) is 3.50. The Morgan fingerprint density at radius 1 is 1.09 bits per heavy atom. The molecule has 0 aromatic heterocycles. The molecule has 12 heteroatoms. The van der Waals surface area contributed by atoms with Gasteiger partial charge in [0.15, 0.2) is 5.92 Å². The maximum Gasteiger partial charge on any atom is 0.396 e. The van der Waals surface area contributed by atoms with Crippen molar-refractivity contribution in [3.05, 3.63) is 23.8 Å². The van der Waals surface area contributed by atoms with Gasteiger partial charge in [0.25, 0.3) is 0 Å². The number of rotatable bonds is 8. The van der Waals surface area contributed by atoms with E-state index < -0.39 is 59.8 Å². The van der Waals surface area contributed by atoms with Gasteiger partial charge in [-0.25, -0.2) is 4.79 Å². The molecule has 0 aliphatic carbocycles. The topological polar surface area (TPSA) is 120 Å². The summed E-state index contributed by atoms with van der Waals surface area (Å²) in [5, 5.41) is 5.30. The van der Waals surface area contributed by atoms with Crippen LogP contribution in [-0.2, 0) is 28.7 Å². The summed E-state index contributed by atoms with van der Waals surface area (Å²) >= 11 is 0. The summed E-state index contributed by atoms with van der Waals surface area (Å²) in [5.41, 5.74) is -0.980. The zero-order valence-electron chi connectivity index (χ0n) is 20.1. The van der Waals surface area contributed by atoms with Gasteiger partial charge in [-0.2, -0.15) is 13.2 Å². The number of hydrogen-bond donors (Lipinski definition) is 2. The average molecular weight is 502 g/mol. The van der Waals surface area contributed by atoms with Crippen LogP contribution in [0.1, 0.15) is 52.5 Å². The summed E-state index contributed by atoms with van der Waals surface area (Å²) < 4.78 is 55.2. The fraction of sp³-hybridized carbons (Fsp3) is 0.565. The maximum absolute atomic E-state index is 13.4. The van der Waals surface area contributed by atoms with Crippen molar-refractivity contribution in [2.75, 3.05) is 18.5 Å². The second-order valence-electron chi connectivity index (χ2n) is 8.87. The fourth-order valence-corrected chi connectivity index (χ4v) is 3.50. The van der Waals surface area contributed by atoms with E-state index in [0.29, 0.717) is 0 Å². The van der Waals surface area contributed by atoms with Crippen LogP contribution in [0.2, 0.25) is 0 Å². The highest BCUT2D eigenvalue weighted by molar-refractivity contribution is 6.04. The number of carbonyl (C=O) groups excluding carboxylic acids is 4. The van der Waals surface area contributed by atoms with Crippen molar-refractivity contribution in [1.29, 1.82) is 0 Å². The molecular weight excluding hydrogens is 473 g/mol. The zero-order chi connectivity index (χ0) is 26.6. The van der Waals surface area contributed by atoms with Crippen molar-refractivity contribution in [3.8, 4) is 5.75 Å². The van der Waals surface area contributed by atoms with E-state index in [0.717, 1.165) is 12.1 Å². The summed E-state index contributed by atoms with van der Waals surface area (Å²) in [7, 11) is 0. The minimum absolute atomic E-state index is 0.0234. The van der Waals surface area contributed by atoms with Gasteiger partial charge in [0, 0.05) is 22.9 Å². The van der Waals surface area contributed by atoms with Gasteiger partial charge in [-0.05, 0) is 40.7 Å². The Balaban J connectivity index is 2.48. The van der Waals surface area contributed by atoms with Gasteiger partial charge < -0.3 is 24.8 Å². The molecule has 0 saturated carbocycles. The Morgan fingerprint density at radius 2 is 1.69 bits per heavy atom.